The highest BCUT2D eigenvalue weighted by molar-refractivity contribution is 6.14. The monoisotopic (exact) mass is 1190 g/mol. The lowest BCUT2D eigenvalue weighted by molar-refractivity contribution is -0.137. The van der Waals surface area contributed by atoms with E-state index in [-0.39, 0.29) is 16.7 Å². The molecule has 10 heteroatoms. The van der Waals surface area contributed by atoms with Gasteiger partial charge in [-0.25, -0.2) is 19.9 Å². The second kappa shape index (κ2) is 22.7. The molecule has 16 rings (SSSR count). The minimum absolute atomic E-state index is 0.0614. The molecule has 0 aliphatic carbocycles. The Morgan fingerprint density at radius 1 is 0.283 bits per heavy atom. The van der Waals surface area contributed by atoms with Gasteiger partial charge in [-0.05, 0) is 121 Å². The summed E-state index contributed by atoms with van der Waals surface area (Å²) in [5.74, 6) is 0. The summed E-state index contributed by atoms with van der Waals surface area (Å²) < 4.78 is 52.4. The first-order chi connectivity index (χ1) is 45.2. The smallest absolute Gasteiger partial charge is 0.308 e. The van der Waals surface area contributed by atoms with E-state index in [1.165, 1.54) is 6.07 Å². The molecule has 0 radical (unpaired) electrons. The summed E-state index contributed by atoms with van der Waals surface area (Å²) in [5.41, 5.74) is 16.6. The highest BCUT2D eigenvalue weighted by Crippen LogP contribution is 2.48. The van der Waals surface area contributed by atoms with E-state index in [1.54, 1.807) is 24.3 Å². The molecule has 0 aliphatic rings. The third kappa shape index (κ3) is 9.91. The van der Waals surface area contributed by atoms with Crippen molar-refractivity contribution in [3.63, 3.8) is 0 Å². The number of hydrogen-bond acceptors (Lipinski definition) is 5. The molecule has 0 amide bonds. The minimum Gasteiger partial charge on any atom is -0.308 e. The van der Waals surface area contributed by atoms with Crippen molar-refractivity contribution < 1.29 is 13.2 Å². The lowest BCUT2D eigenvalue weighted by atomic mass is 9.94. The molecule has 6 heterocycles. The van der Waals surface area contributed by atoms with Crippen molar-refractivity contribution in [1.82, 2.24) is 29.1 Å². The molecule has 0 saturated carbocycles. The van der Waals surface area contributed by atoms with Gasteiger partial charge in [0, 0.05) is 71.6 Å². The first-order valence-electron chi connectivity index (χ1n) is 30.2. The van der Waals surface area contributed by atoms with Gasteiger partial charge >= 0.3 is 6.18 Å². The van der Waals surface area contributed by atoms with Crippen LogP contribution in [0.2, 0.25) is 0 Å². The molecule has 10 aromatic carbocycles. The average Bonchev–Trinajstić information content (AvgIpc) is 1.54. The van der Waals surface area contributed by atoms with Gasteiger partial charge in [0.2, 0.25) is 0 Å². The summed E-state index contributed by atoms with van der Waals surface area (Å²) in [6, 6.07) is 100. The summed E-state index contributed by atoms with van der Waals surface area (Å²) >= 11 is 0. The van der Waals surface area contributed by atoms with Crippen LogP contribution < -0.4 is 0 Å². The third-order valence-corrected chi connectivity index (χ3v) is 17.2. The minimum atomic E-state index is -4.79. The maximum Gasteiger partial charge on any atom is 0.417 e. The Morgan fingerprint density at radius 3 is 0.837 bits per heavy atom. The summed E-state index contributed by atoms with van der Waals surface area (Å²) in [7, 11) is 0. The van der Waals surface area contributed by atoms with Crippen LogP contribution in [0, 0.1) is 11.3 Å². The van der Waals surface area contributed by atoms with Crippen LogP contribution in [0.1, 0.15) is 11.1 Å². The topological polar surface area (TPSA) is 85.2 Å². The second-order valence-electron chi connectivity index (χ2n) is 22.7. The number of alkyl halides is 3. The number of nitriles is 1. The molecule has 6 aromatic heterocycles. The van der Waals surface area contributed by atoms with Crippen LogP contribution in [0.5, 0.6) is 0 Å². The Bertz CT molecular complexity index is 4990. The Morgan fingerprint density at radius 2 is 0.554 bits per heavy atom. The SMILES string of the molecule is N#Cc1cc(-n2c3ccc(-c4cccc(-c5ccccc5)n4)cc3c3cc(-c4cccc(-c5ccccc5)n4)ccc32)c(-c2ccccc2C(F)(F)F)c(-n2c3ccc(-c4cccc(-c5ccccc5)n4)cc3c3cc(-c4cccc(-c5ccccc5)n4)ccc32)c1. The van der Waals surface area contributed by atoms with Gasteiger partial charge in [0.05, 0.1) is 96.2 Å². The zero-order chi connectivity index (χ0) is 61.9. The van der Waals surface area contributed by atoms with Crippen LogP contribution in [-0.2, 0) is 6.18 Å². The maximum absolute atomic E-state index is 16.1. The van der Waals surface area contributed by atoms with E-state index < -0.39 is 11.7 Å². The van der Waals surface area contributed by atoms with E-state index >= 15 is 13.2 Å². The van der Waals surface area contributed by atoms with E-state index in [9.17, 15) is 5.26 Å². The van der Waals surface area contributed by atoms with Gasteiger partial charge in [0.15, 0.2) is 0 Å². The molecule has 0 spiro atoms. The van der Waals surface area contributed by atoms with Gasteiger partial charge in [-0.15, -0.1) is 0 Å². The predicted molar refractivity (Wildman–Crippen MR) is 365 cm³/mol. The van der Waals surface area contributed by atoms with E-state index in [1.807, 2.05) is 252 Å². The molecule has 0 aliphatic heterocycles. The molecule has 16 aromatic rings. The van der Waals surface area contributed by atoms with Gasteiger partial charge < -0.3 is 9.13 Å². The Labute approximate surface area is 527 Å². The van der Waals surface area contributed by atoms with Crippen LogP contribution >= 0.6 is 0 Å². The molecule has 0 fully saturated rings. The Balaban J connectivity index is 0.977. The van der Waals surface area contributed by atoms with Gasteiger partial charge in [-0.2, -0.15) is 18.4 Å². The summed E-state index contributed by atoms with van der Waals surface area (Å²) in [5, 5.41) is 14.6. The van der Waals surface area contributed by atoms with Crippen molar-refractivity contribution in [3.05, 3.63) is 314 Å². The quantitative estimate of drug-likeness (QED) is 0.129. The third-order valence-electron chi connectivity index (χ3n) is 17.2. The fraction of sp³-hybridized carbons (Fsp3) is 0.0122. The lowest BCUT2D eigenvalue weighted by Crippen LogP contribution is -2.11. The number of fused-ring (bicyclic) bond motifs is 6. The number of halogens is 3. The van der Waals surface area contributed by atoms with Crippen molar-refractivity contribution in [2.75, 3.05) is 0 Å². The summed E-state index contributed by atoms with van der Waals surface area (Å²) in [4.78, 5) is 20.7. The zero-order valence-electron chi connectivity index (χ0n) is 49.1. The van der Waals surface area contributed by atoms with Crippen molar-refractivity contribution in [1.29, 1.82) is 5.26 Å². The molecule has 0 saturated heterocycles. The summed E-state index contributed by atoms with van der Waals surface area (Å²) in [6.07, 6.45) is -4.79. The highest BCUT2D eigenvalue weighted by Gasteiger charge is 2.36. The predicted octanol–water partition coefficient (Wildman–Crippen LogP) is 21.4. The van der Waals surface area contributed by atoms with Crippen LogP contribution in [0.25, 0.3) is 156 Å². The zero-order valence-corrected chi connectivity index (χ0v) is 49.1. The van der Waals surface area contributed by atoms with Crippen molar-refractivity contribution in [3.8, 4) is 119 Å². The van der Waals surface area contributed by atoms with E-state index in [4.69, 9.17) is 19.9 Å². The number of pyridine rings is 4. The average molecular weight is 1190 g/mol. The number of aromatic nitrogens is 6. The van der Waals surface area contributed by atoms with Crippen molar-refractivity contribution in [2.24, 2.45) is 0 Å². The first-order valence-corrected chi connectivity index (χ1v) is 30.2. The molecule has 92 heavy (non-hydrogen) atoms. The molecule has 7 nitrogen and oxygen atoms in total. The number of benzene rings is 10. The van der Waals surface area contributed by atoms with Gasteiger partial charge in [0.1, 0.15) is 0 Å². The van der Waals surface area contributed by atoms with Gasteiger partial charge in [-0.3, -0.25) is 0 Å². The summed E-state index contributed by atoms with van der Waals surface area (Å²) in [6.45, 7) is 0. The largest absolute Gasteiger partial charge is 0.417 e. The highest BCUT2D eigenvalue weighted by atomic mass is 19.4. The van der Waals surface area contributed by atoms with Gasteiger partial charge in [0.25, 0.3) is 0 Å². The molecule has 0 unspecified atom stereocenters. The maximum atomic E-state index is 16.1. The van der Waals surface area contributed by atoms with Crippen molar-refractivity contribution in [2.45, 2.75) is 6.18 Å². The first kappa shape index (κ1) is 55.0. The van der Waals surface area contributed by atoms with Crippen molar-refractivity contribution >= 4 is 43.6 Å². The lowest BCUT2D eigenvalue weighted by Gasteiger charge is -2.23. The van der Waals surface area contributed by atoms with E-state index in [0.717, 1.165) is 118 Å². The van der Waals surface area contributed by atoms with Crippen LogP contribution in [0.3, 0.4) is 0 Å². The number of hydrogen-bond donors (Lipinski definition) is 0. The molecule has 0 N–H and O–H groups in total. The van der Waals surface area contributed by atoms with E-state index in [2.05, 4.69) is 30.3 Å². The van der Waals surface area contributed by atoms with Crippen LogP contribution in [0.15, 0.2) is 303 Å². The van der Waals surface area contributed by atoms with Crippen LogP contribution in [-0.4, -0.2) is 29.1 Å². The Kier molecular flexibility index (Phi) is 13.6. The fourth-order valence-corrected chi connectivity index (χ4v) is 12.9. The molecular weight excluding hydrogens is 1140 g/mol. The molecule has 0 atom stereocenters. The standard InChI is InChI=1S/C82H50F3N7/c83-82(84,85)66-28-14-13-27-61(66)81-79(91-75-41-37-57(71-33-15-29-67(87-71)53-19-5-1-6-20-53)47-62(75)63-48-58(38-42-76(63)91)72-34-16-30-68(88-72)54-21-7-2-8-22-54)45-52(51-86)46-80(81)92-77-43-39-59(73-35-17-31-69(89-73)55-23-9-3-10-24-55)49-64(77)65-50-60(40-44-78(65)92)74-36-18-32-70(90-74)56-25-11-4-12-26-56/h1-50H. The molecule has 434 valence electrons. The number of rotatable bonds is 11. The molecular formula is C82H50F3N7. The van der Waals surface area contributed by atoms with Gasteiger partial charge in [-0.1, -0.05) is 188 Å². The number of nitrogens with zero attached hydrogens (tertiary/aromatic N) is 7. The van der Waals surface area contributed by atoms with E-state index in [0.29, 0.717) is 33.4 Å². The Hall–Kier alpha value is -12.3. The van der Waals surface area contributed by atoms with Crippen LogP contribution in [0.4, 0.5) is 13.2 Å². The molecule has 0 bridgehead atoms. The normalized spacial score (nSPS) is 11.6. The second-order valence-corrected chi connectivity index (χ2v) is 22.7. The fourth-order valence-electron chi connectivity index (χ4n) is 12.9.